The average Bonchev–Trinajstić information content (AvgIpc) is 2.96. The van der Waals surface area contributed by atoms with Crippen molar-refractivity contribution in [2.45, 2.75) is 6.42 Å². The lowest BCUT2D eigenvalue weighted by Gasteiger charge is -2.22. The number of halogens is 1. The number of nitrogens with zero attached hydrogens (tertiary/aromatic N) is 1. The van der Waals surface area contributed by atoms with Crippen molar-refractivity contribution in [2.24, 2.45) is 5.92 Å². The van der Waals surface area contributed by atoms with Crippen LogP contribution in [0.1, 0.15) is 6.42 Å². The first-order valence-electron chi connectivity index (χ1n) is 6.66. The SMILES string of the molecule is O=C(O)CN(C(=O)NCC1CCOC1)c1ccc(Cl)cc1. The van der Waals surface area contributed by atoms with Crippen molar-refractivity contribution in [3.05, 3.63) is 29.3 Å². The summed E-state index contributed by atoms with van der Waals surface area (Å²) in [5.74, 6) is -0.796. The van der Waals surface area contributed by atoms with Crippen LogP contribution in [0.15, 0.2) is 24.3 Å². The van der Waals surface area contributed by atoms with E-state index in [0.717, 1.165) is 6.42 Å². The summed E-state index contributed by atoms with van der Waals surface area (Å²) in [7, 11) is 0. The van der Waals surface area contributed by atoms with E-state index in [0.29, 0.717) is 30.5 Å². The van der Waals surface area contributed by atoms with E-state index in [9.17, 15) is 9.59 Å². The van der Waals surface area contributed by atoms with Gasteiger partial charge in [-0.3, -0.25) is 9.69 Å². The molecule has 2 amide bonds. The summed E-state index contributed by atoms with van der Waals surface area (Å²) in [5.41, 5.74) is 0.488. The van der Waals surface area contributed by atoms with E-state index in [-0.39, 0.29) is 5.92 Å². The molecule has 2 rings (SSSR count). The van der Waals surface area contributed by atoms with E-state index >= 15 is 0 Å². The van der Waals surface area contributed by atoms with Gasteiger partial charge in [-0.25, -0.2) is 4.79 Å². The van der Waals surface area contributed by atoms with Crippen molar-refractivity contribution in [1.29, 1.82) is 0 Å². The van der Waals surface area contributed by atoms with Crippen LogP contribution in [0.2, 0.25) is 5.02 Å². The maximum atomic E-state index is 12.2. The Hall–Kier alpha value is -1.79. The van der Waals surface area contributed by atoms with Crippen molar-refractivity contribution >= 4 is 29.3 Å². The second-order valence-corrected chi connectivity index (χ2v) is 5.31. The van der Waals surface area contributed by atoms with Gasteiger partial charge in [0.1, 0.15) is 6.54 Å². The smallest absolute Gasteiger partial charge is 0.323 e. The molecule has 0 aliphatic carbocycles. The second-order valence-electron chi connectivity index (χ2n) is 4.87. The number of carboxylic acids is 1. The lowest BCUT2D eigenvalue weighted by atomic mass is 10.1. The number of nitrogens with one attached hydrogen (secondary N) is 1. The zero-order valence-electron chi connectivity index (χ0n) is 11.4. The number of ether oxygens (including phenoxy) is 1. The zero-order chi connectivity index (χ0) is 15.2. The molecule has 1 atom stereocenters. The maximum Gasteiger partial charge on any atom is 0.323 e. The zero-order valence-corrected chi connectivity index (χ0v) is 12.2. The average molecular weight is 313 g/mol. The largest absolute Gasteiger partial charge is 0.480 e. The van der Waals surface area contributed by atoms with Crippen molar-refractivity contribution in [3.8, 4) is 0 Å². The highest BCUT2D eigenvalue weighted by Crippen LogP contribution is 2.18. The molecular formula is C14H17ClN2O4. The second kappa shape index (κ2) is 7.28. The van der Waals surface area contributed by atoms with Gasteiger partial charge in [0.15, 0.2) is 0 Å². The molecule has 0 radical (unpaired) electrons. The van der Waals surface area contributed by atoms with Crippen LogP contribution in [-0.2, 0) is 9.53 Å². The van der Waals surface area contributed by atoms with Gasteiger partial charge in [-0.2, -0.15) is 0 Å². The fourth-order valence-corrected chi connectivity index (χ4v) is 2.23. The van der Waals surface area contributed by atoms with Gasteiger partial charge < -0.3 is 15.2 Å². The minimum atomic E-state index is -1.08. The highest BCUT2D eigenvalue weighted by Gasteiger charge is 2.21. The topological polar surface area (TPSA) is 78.9 Å². The number of benzene rings is 1. The molecule has 0 aromatic heterocycles. The fraction of sp³-hybridized carbons (Fsp3) is 0.429. The van der Waals surface area contributed by atoms with Gasteiger partial charge in [0.25, 0.3) is 0 Å². The van der Waals surface area contributed by atoms with Crippen molar-refractivity contribution in [3.63, 3.8) is 0 Å². The van der Waals surface area contributed by atoms with Crippen molar-refractivity contribution in [1.82, 2.24) is 5.32 Å². The predicted molar refractivity (Wildman–Crippen MR) is 78.8 cm³/mol. The Morgan fingerprint density at radius 1 is 1.38 bits per heavy atom. The molecule has 1 unspecified atom stereocenters. The van der Waals surface area contributed by atoms with Crippen LogP contribution >= 0.6 is 11.6 Å². The normalized spacial score (nSPS) is 17.5. The molecule has 1 fully saturated rings. The minimum Gasteiger partial charge on any atom is -0.480 e. The minimum absolute atomic E-state index is 0.283. The van der Waals surface area contributed by atoms with Crippen molar-refractivity contribution in [2.75, 3.05) is 31.2 Å². The lowest BCUT2D eigenvalue weighted by Crippen LogP contribution is -2.44. The number of carbonyl (C=O) groups excluding carboxylic acids is 1. The molecule has 1 aliphatic heterocycles. The molecule has 1 saturated heterocycles. The van der Waals surface area contributed by atoms with Gasteiger partial charge in [-0.1, -0.05) is 11.6 Å². The molecule has 1 heterocycles. The Morgan fingerprint density at radius 3 is 2.67 bits per heavy atom. The molecular weight excluding hydrogens is 296 g/mol. The summed E-state index contributed by atoms with van der Waals surface area (Å²) in [4.78, 5) is 24.3. The molecule has 114 valence electrons. The van der Waals surface area contributed by atoms with Crippen LogP contribution < -0.4 is 10.2 Å². The number of aliphatic carboxylic acids is 1. The Bertz CT molecular complexity index is 500. The van der Waals surface area contributed by atoms with Crippen LogP contribution in [-0.4, -0.2) is 43.4 Å². The molecule has 7 heteroatoms. The summed E-state index contributed by atoms with van der Waals surface area (Å²) in [6, 6.07) is 6.02. The Balaban J connectivity index is 2.01. The quantitative estimate of drug-likeness (QED) is 0.871. The third kappa shape index (κ3) is 4.61. The third-order valence-corrected chi connectivity index (χ3v) is 3.49. The molecule has 1 aliphatic rings. The van der Waals surface area contributed by atoms with Crippen molar-refractivity contribution < 1.29 is 19.4 Å². The number of amides is 2. The number of urea groups is 1. The standard InChI is InChI=1S/C14H17ClN2O4/c15-11-1-3-12(4-2-11)17(8-13(18)19)14(20)16-7-10-5-6-21-9-10/h1-4,10H,5-9H2,(H,16,20)(H,18,19). The molecule has 21 heavy (non-hydrogen) atoms. The van der Waals surface area contributed by atoms with Gasteiger partial charge >= 0.3 is 12.0 Å². The molecule has 0 spiro atoms. The monoisotopic (exact) mass is 312 g/mol. The van der Waals surface area contributed by atoms with Gasteiger partial charge in [0, 0.05) is 29.8 Å². The Kier molecular flexibility index (Phi) is 5.41. The van der Waals surface area contributed by atoms with Gasteiger partial charge in [0.2, 0.25) is 0 Å². The Morgan fingerprint density at radius 2 is 2.10 bits per heavy atom. The predicted octanol–water partition coefficient (Wildman–Crippen LogP) is 1.98. The fourth-order valence-electron chi connectivity index (χ4n) is 2.11. The van der Waals surface area contributed by atoms with Gasteiger partial charge in [0.05, 0.1) is 6.61 Å². The number of hydrogen-bond acceptors (Lipinski definition) is 3. The summed E-state index contributed by atoms with van der Waals surface area (Å²) < 4.78 is 5.24. The molecule has 2 N–H and O–H groups in total. The summed E-state index contributed by atoms with van der Waals surface area (Å²) in [6.07, 6.45) is 0.903. The molecule has 0 bridgehead atoms. The van der Waals surface area contributed by atoms with Crippen LogP contribution in [0.4, 0.5) is 10.5 Å². The van der Waals surface area contributed by atoms with E-state index in [1.165, 1.54) is 4.90 Å². The van der Waals surface area contributed by atoms with Crippen LogP contribution in [0, 0.1) is 5.92 Å². The van der Waals surface area contributed by atoms with E-state index in [4.69, 9.17) is 21.4 Å². The van der Waals surface area contributed by atoms with E-state index in [1.807, 2.05) is 0 Å². The number of anilines is 1. The van der Waals surface area contributed by atoms with Crippen LogP contribution in [0.5, 0.6) is 0 Å². The molecule has 1 aromatic carbocycles. The lowest BCUT2D eigenvalue weighted by molar-refractivity contribution is -0.135. The summed E-state index contributed by atoms with van der Waals surface area (Å²) >= 11 is 5.80. The number of rotatable bonds is 5. The first-order valence-corrected chi connectivity index (χ1v) is 7.04. The number of carbonyl (C=O) groups is 2. The highest BCUT2D eigenvalue weighted by atomic mass is 35.5. The molecule has 6 nitrogen and oxygen atoms in total. The third-order valence-electron chi connectivity index (χ3n) is 3.24. The number of carboxylic acid groups (broad SMARTS) is 1. The van der Waals surface area contributed by atoms with Gasteiger partial charge in [-0.15, -0.1) is 0 Å². The summed E-state index contributed by atoms with van der Waals surface area (Å²) in [5, 5.41) is 12.2. The van der Waals surface area contributed by atoms with E-state index in [2.05, 4.69) is 5.32 Å². The molecule has 1 aromatic rings. The highest BCUT2D eigenvalue weighted by molar-refractivity contribution is 6.30. The molecule has 0 saturated carbocycles. The maximum absolute atomic E-state index is 12.2. The van der Waals surface area contributed by atoms with Crippen LogP contribution in [0.3, 0.4) is 0 Å². The first kappa shape index (κ1) is 15.6. The van der Waals surface area contributed by atoms with E-state index in [1.54, 1.807) is 24.3 Å². The first-order chi connectivity index (χ1) is 10.1. The van der Waals surface area contributed by atoms with Crippen LogP contribution in [0.25, 0.3) is 0 Å². The van der Waals surface area contributed by atoms with Gasteiger partial charge in [-0.05, 0) is 30.7 Å². The number of hydrogen-bond donors (Lipinski definition) is 2. The van der Waals surface area contributed by atoms with E-state index < -0.39 is 18.5 Å². The summed E-state index contributed by atoms with van der Waals surface area (Å²) in [6.45, 7) is 1.40. The Labute approximate surface area is 127 Å².